The molecule has 4 N–H and O–H groups in total. The Hall–Kier alpha value is -0.0800. The van der Waals surface area contributed by atoms with Crippen molar-refractivity contribution in [1.29, 1.82) is 0 Å². The van der Waals surface area contributed by atoms with Crippen molar-refractivity contribution in [1.82, 2.24) is 0 Å². The monoisotopic (exact) mass is 217 g/mol. The van der Waals surface area contributed by atoms with Crippen LogP contribution in [0.4, 0.5) is 0 Å². The molecule has 0 aliphatic carbocycles. The first-order valence-electron chi connectivity index (χ1n) is 6.47. The molecule has 0 aromatic heterocycles. The minimum absolute atomic E-state index is 0. The first kappa shape index (κ1) is 17.3. The lowest BCUT2D eigenvalue weighted by molar-refractivity contribution is 0.313. The highest BCUT2D eigenvalue weighted by molar-refractivity contribution is 4.83. The first-order chi connectivity index (χ1) is 6.68. The number of nitrogens with two attached hydrogens (primary N) is 1. The predicted octanol–water partition coefficient (Wildman–Crippen LogP) is 3.43. The van der Waals surface area contributed by atoms with Crippen LogP contribution in [0.5, 0.6) is 0 Å². The molecule has 94 valence electrons. The van der Waals surface area contributed by atoms with Gasteiger partial charge >= 0.3 is 0 Å². The molecule has 0 radical (unpaired) electrons. The van der Waals surface area contributed by atoms with E-state index in [-0.39, 0.29) is 11.0 Å². The molecule has 0 rings (SSSR count). The second-order valence-corrected chi connectivity index (χ2v) is 4.67. The number of unbranched alkanes of at least 4 members (excludes halogenated alkanes) is 3. The molecular weight excluding hydrogens is 186 g/mol. The highest BCUT2D eigenvalue weighted by Crippen LogP contribution is 2.24. The van der Waals surface area contributed by atoms with Crippen LogP contribution >= 0.6 is 0 Å². The van der Waals surface area contributed by atoms with Crippen LogP contribution in [-0.2, 0) is 0 Å². The zero-order valence-corrected chi connectivity index (χ0v) is 10.9. The van der Waals surface area contributed by atoms with Gasteiger partial charge < -0.3 is 11.2 Å². The minimum atomic E-state index is 0. The lowest BCUT2D eigenvalue weighted by Gasteiger charge is -2.29. The zero-order valence-electron chi connectivity index (χ0n) is 10.9. The summed E-state index contributed by atoms with van der Waals surface area (Å²) in [6.07, 6.45) is 11.4. The number of hydrogen-bond donors (Lipinski definition) is 1. The highest BCUT2D eigenvalue weighted by Gasteiger charge is 2.22. The summed E-state index contributed by atoms with van der Waals surface area (Å²) in [5.74, 6) is 0. The summed E-state index contributed by atoms with van der Waals surface area (Å²) in [4.78, 5) is 0. The standard InChI is InChI=1S/C13H29N.H2O/c1-4-7-10-13(14,11-8-5-2)12-9-6-3;/h4-12,14H2,1-3H3;1H2. The number of rotatable bonds is 9. The Balaban J connectivity index is 0. The van der Waals surface area contributed by atoms with Crippen LogP contribution in [0.3, 0.4) is 0 Å². The zero-order chi connectivity index (χ0) is 10.9. The summed E-state index contributed by atoms with van der Waals surface area (Å²) < 4.78 is 0. The van der Waals surface area contributed by atoms with E-state index < -0.39 is 0 Å². The Kier molecular flexibility index (Phi) is 12.1. The Bertz CT molecular complexity index is 104. The molecule has 0 amide bonds. The third-order valence-electron chi connectivity index (χ3n) is 3.08. The third kappa shape index (κ3) is 8.88. The van der Waals surface area contributed by atoms with Crippen molar-refractivity contribution < 1.29 is 5.48 Å². The SMILES string of the molecule is CCCCC(N)(CCCC)CCCC.O. The highest BCUT2D eigenvalue weighted by atomic mass is 16.0. The lowest BCUT2D eigenvalue weighted by Crippen LogP contribution is -2.39. The van der Waals surface area contributed by atoms with Gasteiger partial charge in [0, 0.05) is 5.54 Å². The van der Waals surface area contributed by atoms with Gasteiger partial charge in [0.25, 0.3) is 0 Å². The summed E-state index contributed by atoms with van der Waals surface area (Å²) in [6.45, 7) is 6.75. The summed E-state index contributed by atoms with van der Waals surface area (Å²) in [7, 11) is 0. The molecule has 0 aromatic carbocycles. The van der Waals surface area contributed by atoms with E-state index in [4.69, 9.17) is 5.73 Å². The molecule has 0 bridgehead atoms. The molecule has 15 heavy (non-hydrogen) atoms. The van der Waals surface area contributed by atoms with Crippen LogP contribution in [0.2, 0.25) is 0 Å². The molecule has 0 unspecified atom stereocenters. The van der Waals surface area contributed by atoms with Crippen molar-refractivity contribution in [3.8, 4) is 0 Å². The van der Waals surface area contributed by atoms with Crippen molar-refractivity contribution in [2.24, 2.45) is 5.73 Å². The van der Waals surface area contributed by atoms with Crippen molar-refractivity contribution in [3.63, 3.8) is 0 Å². The van der Waals surface area contributed by atoms with Gasteiger partial charge in [0.05, 0.1) is 0 Å². The minimum Gasteiger partial charge on any atom is -0.412 e. The Morgan fingerprint density at radius 2 is 1.00 bits per heavy atom. The molecule has 0 fully saturated rings. The van der Waals surface area contributed by atoms with E-state index in [0.717, 1.165) is 0 Å². The summed E-state index contributed by atoms with van der Waals surface area (Å²) in [5, 5.41) is 0. The fourth-order valence-electron chi connectivity index (χ4n) is 1.96. The van der Waals surface area contributed by atoms with E-state index in [9.17, 15) is 0 Å². The van der Waals surface area contributed by atoms with Gasteiger partial charge in [-0.05, 0) is 19.3 Å². The molecule has 2 nitrogen and oxygen atoms in total. The molecular formula is C13H31NO. The maximum atomic E-state index is 6.46. The largest absolute Gasteiger partial charge is 0.412 e. The Morgan fingerprint density at radius 1 is 0.733 bits per heavy atom. The molecule has 0 aromatic rings. The first-order valence-corrected chi connectivity index (χ1v) is 6.47. The fourth-order valence-corrected chi connectivity index (χ4v) is 1.96. The molecule has 0 aliphatic rings. The normalized spacial score (nSPS) is 11.2. The van der Waals surface area contributed by atoms with Gasteiger partial charge in [-0.3, -0.25) is 0 Å². The Morgan fingerprint density at radius 3 is 1.20 bits per heavy atom. The molecule has 0 heterocycles. The molecule has 0 saturated carbocycles. The average molecular weight is 217 g/mol. The van der Waals surface area contributed by atoms with Gasteiger partial charge in [-0.1, -0.05) is 59.3 Å². The maximum Gasteiger partial charge on any atom is 0.0154 e. The molecule has 0 atom stereocenters. The van der Waals surface area contributed by atoms with Crippen molar-refractivity contribution >= 4 is 0 Å². The van der Waals surface area contributed by atoms with E-state index in [0.29, 0.717) is 0 Å². The second-order valence-electron chi connectivity index (χ2n) is 4.67. The molecule has 0 saturated heterocycles. The average Bonchev–Trinajstić information content (AvgIpc) is 2.21. The van der Waals surface area contributed by atoms with Gasteiger partial charge in [-0.15, -0.1) is 0 Å². The van der Waals surface area contributed by atoms with Gasteiger partial charge in [0.1, 0.15) is 0 Å². The molecule has 2 heteroatoms. The molecule has 0 spiro atoms. The van der Waals surface area contributed by atoms with Gasteiger partial charge in [0.15, 0.2) is 0 Å². The quantitative estimate of drug-likeness (QED) is 0.632. The van der Waals surface area contributed by atoms with Crippen molar-refractivity contribution in [2.45, 2.75) is 84.1 Å². The van der Waals surface area contributed by atoms with Crippen LogP contribution in [0.15, 0.2) is 0 Å². The van der Waals surface area contributed by atoms with E-state index in [2.05, 4.69) is 20.8 Å². The van der Waals surface area contributed by atoms with Crippen LogP contribution in [0.1, 0.15) is 78.6 Å². The van der Waals surface area contributed by atoms with Gasteiger partial charge in [0.2, 0.25) is 0 Å². The summed E-state index contributed by atoms with van der Waals surface area (Å²) in [5.41, 5.74) is 6.61. The van der Waals surface area contributed by atoms with E-state index in [1.807, 2.05) is 0 Å². The smallest absolute Gasteiger partial charge is 0.0154 e. The predicted molar refractivity (Wildman–Crippen MR) is 69.1 cm³/mol. The third-order valence-corrected chi connectivity index (χ3v) is 3.08. The lowest BCUT2D eigenvalue weighted by atomic mass is 9.84. The van der Waals surface area contributed by atoms with Crippen molar-refractivity contribution in [3.05, 3.63) is 0 Å². The van der Waals surface area contributed by atoms with Gasteiger partial charge in [-0.25, -0.2) is 0 Å². The maximum absolute atomic E-state index is 6.46. The van der Waals surface area contributed by atoms with Crippen LogP contribution in [-0.4, -0.2) is 11.0 Å². The van der Waals surface area contributed by atoms with Gasteiger partial charge in [-0.2, -0.15) is 0 Å². The Labute approximate surface area is 95.9 Å². The summed E-state index contributed by atoms with van der Waals surface area (Å²) in [6, 6.07) is 0. The van der Waals surface area contributed by atoms with Crippen molar-refractivity contribution in [2.75, 3.05) is 0 Å². The van der Waals surface area contributed by atoms with Crippen LogP contribution < -0.4 is 5.73 Å². The fraction of sp³-hybridized carbons (Fsp3) is 1.00. The van der Waals surface area contributed by atoms with Crippen LogP contribution in [0, 0.1) is 0 Å². The topological polar surface area (TPSA) is 57.5 Å². The van der Waals surface area contributed by atoms with E-state index >= 15 is 0 Å². The molecule has 0 aliphatic heterocycles. The number of hydrogen-bond acceptors (Lipinski definition) is 1. The van der Waals surface area contributed by atoms with E-state index in [1.54, 1.807) is 0 Å². The van der Waals surface area contributed by atoms with E-state index in [1.165, 1.54) is 57.8 Å². The van der Waals surface area contributed by atoms with Crippen LogP contribution in [0.25, 0.3) is 0 Å². The summed E-state index contributed by atoms with van der Waals surface area (Å²) >= 11 is 0. The second kappa shape index (κ2) is 10.4.